The molecule has 1 atom stereocenters. The average Bonchev–Trinajstić information content (AvgIpc) is 2.36. The molecule has 0 radical (unpaired) electrons. The molecule has 0 bridgehead atoms. The fourth-order valence-corrected chi connectivity index (χ4v) is 2.02. The van der Waals surface area contributed by atoms with E-state index in [-0.39, 0.29) is 11.9 Å². The molecule has 0 saturated carbocycles. The van der Waals surface area contributed by atoms with Crippen molar-refractivity contribution in [1.82, 2.24) is 5.32 Å². The van der Waals surface area contributed by atoms with E-state index in [1.165, 1.54) is 6.08 Å². The van der Waals surface area contributed by atoms with Crippen molar-refractivity contribution in [3.63, 3.8) is 0 Å². The lowest BCUT2D eigenvalue weighted by Crippen LogP contribution is -2.32. The molecule has 1 unspecified atom stereocenters. The summed E-state index contributed by atoms with van der Waals surface area (Å²) in [6, 6.07) is 5.46. The maximum absolute atomic E-state index is 12.1. The SMILES string of the molecule is CCCC(C)NC(=O)c1cc(C)cc(/C=C/C(=O)O)c1. The van der Waals surface area contributed by atoms with Gasteiger partial charge in [-0.2, -0.15) is 0 Å². The fraction of sp³-hybridized carbons (Fsp3) is 0.375. The van der Waals surface area contributed by atoms with E-state index in [1.54, 1.807) is 12.1 Å². The Bertz CT molecular complexity index is 520. The van der Waals surface area contributed by atoms with Crippen molar-refractivity contribution in [3.8, 4) is 0 Å². The highest BCUT2D eigenvalue weighted by Crippen LogP contribution is 2.12. The quantitative estimate of drug-likeness (QED) is 0.784. The Morgan fingerprint density at radius 2 is 2.05 bits per heavy atom. The van der Waals surface area contributed by atoms with Crippen LogP contribution in [-0.2, 0) is 4.79 Å². The van der Waals surface area contributed by atoms with Crippen LogP contribution in [0.4, 0.5) is 0 Å². The lowest BCUT2D eigenvalue weighted by molar-refractivity contribution is -0.131. The van der Waals surface area contributed by atoms with E-state index in [9.17, 15) is 9.59 Å². The Morgan fingerprint density at radius 1 is 1.35 bits per heavy atom. The van der Waals surface area contributed by atoms with Gasteiger partial charge in [-0.15, -0.1) is 0 Å². The summed E-state index contributed by atoms with van der Waals surface area (Å²) >= 11 is 0. The topological polar surface area (TPSA) is 66.4 Å². The molecule has 0 fully saturated rings. The Balaban J connectivity index is 2.89. The second-order valence-corrected chi connectivity index (χ2v) is 4.97. The number of nitrogens with one attached hydrogen (secondary N) is 1. The van der Waals surface area contributed by atoms with Gasteiger partial charge in [0.1, 0.15) is 0 Å². The summed E-state index contributed by atoms with van der Waals surface area (Å²) < 4.78 is 0. The fourth-order valence-electron chi connectivity index (χ4n) is 2.02. The van der Waals surface area contributed by atoms with E-state index < -0.39 is 5.97 Å². The maximum atomic E-state index is 12.1. The van der Waals surface area contributed by atoms with Crippen molar-refractivity contribution in [1.29, 1.82) is 0 Å². The third-order valence-corrected chi connectivity index (χ3v) is 2.88. The van der Waals surface area contributed by atoms with Crippen LogP contribution in [0.5, 0.6) is 0 Å². The summed E-state index contributed by atoms with van der Waals surface area (Å²) in [6.45, 7) is 5.93. The van der Waals surface area contributed by atoms with Gasteiger partial charge >= 0.3 is 5.97 Å². The van der Waals surface area contributed by atoms with Crippen LogP contribution in [0.3, 0.4) is 0 Å². The zero-order chi connectivity index (χ0) is 15.1. The van der Waals surface area contributed by atoms with Crippen molar-refractivity contribution in [2.75, 3.05) is 0 Å². The third kappa shape index (κ3) is 5.26. The van der Waals surface area contributed by atoms with Gasteiger partial charge in [-0.1, -0.05) is 19.4 Å². The van der Waals surface area contributed by atoms with E-state index in [4.69, 9.17) is 5.11 Å². The van der Waals surface area contributed by atoms with Crippen molar-refractivity contribution < 1.29 is 14.7 Å². The van der Waals surface area contributed by atoms with Crippen molar-refractivity contribution >= 4 is 18.0 Å². The zero-order valence-electron chi connectivity index (χ0n) is 12.1. The average molecular weight is 275 g/mol. The number of carbonyl (C=O) groups excluding carboxylic acids is 1. The van der Waals surface area contributed by atoms with Crippen LogP contribution in [-0.4, -0.2) is 23.0 Å². The lowest BCUT2D eigenvalue weighted by Gasteiger charge is -2.13. The van der Waals surface area contributed by atoms with E-state index in [0.717, 1.165) is 24.5 Å². The van der Waals surface area contributed by atoms with Crippen LogP contribution in [0, 0.1) is 6.92 Å². The molecule has 0 heterocycles. The number of aliphatic carboxylic acids is 1. The van der Waals surface area contributed by atoms with Gasteiger partial charge in [0.05, 0.1) is 0 Å². The first kappa shape index (κ1) is 16.0. The van der Waals surface area contributed by atoms with Crippen molar-refractivity contribution in [2.24, 2.45) is 0 Å². The predicted molar refractivity (Wildman–Crippen MR) is 79.7 cm³/mol. The van der Waals surface area contributed by atoms with Crippen LogP contribution < -0.4 is 5.32 Å². The maximum Gasteiger partial charge on any atom is 0.328 e. The van der Waals surface area contributed by atoms with Gasteiger partial charge < -0.3 is 10.4 Å². The molecule has 1 aromatic rings. The Hall–Kier alpha value is -2.10. The van der Waals surface area contributed by atoms with E-state index >= 15 is 0 Å². The highest BCUT2D eigenvalue weighted by Gasteiger charge is 2.10. The van der Waals surface area contributed by atoms with E-state index in [1.807, 2.05) is 19.9 Å². The number of carboxylic acids is 1. The first-order valence-electron chi connectivity index (χ1n) is 6.76. The van der Waals surface area contributed by atoms with Crippen LogP contribution >= 0.6 is 0 Å². The van der Waals surface area contributed by atoms with E-state index in [0.29, 0.717) is 11.1 Å². The molecule has 0 aliphatic rings. The molecule has 4 heteroatoms. The number of carbonyl (C=O) groups is 2. The van der Waals surface area contributed by atoms with Gasteiger partial charge in [-0.05, 0) is 49.6 Å². The Morgan fingerprint density at radius 3 is 2.65 bits per heavy atom. The van der Waals surface area contributed by atoms with Gasteiger partial charge in [0.25, 0.3) is 5.91 Å². The number of amides is 1. The summed E-state index contributed by atoms with van der Waals surface area (Å²) in [7, 11) is 0. The second kappa shape index (κ2) is 7.48. The number of aryl methyl sites for hydroxylation is 1. The van der Waals surface area contributed by atoms with Crippen LogP contribution in [0.15, 0.2) is 24.3 Å². The van der Waals surface area contributed by atoms with Crippen LogP contribution in [0.25, 0.3) is 6.08 Å². The standard InChI is InChI=1S/C16H21NO3/c1-4-5-12(3)17-16(20)14-9-11(2)8-13(10-14)6-7-15(18)19/h6-10,12H,4-5H2,1-3H3,(H,17,20)(H,18,19)/b7-6+. The van der Waals surface area contributed by atoms with Gasteiger partial charge in [0.15, 0.2) is 0 Å². The number of benzene rings is 1. The van der Waals surface area contributed by atoms with Crippen molar-refractivity contribution in [3.05, 3.63) is 41.0 Å². The number of rotatable bonds is 6. The molecule has 0 aliphatic carbocycles. The van der Waals surface area contributed by atoms with E-state index in [2.05, 4.69) is 12.2 Å². The Kier molecular flexibility index (Phi) is 5.97. The first-order valence-corrected chi connectivity index (χ1v) is 6.76. The molecule has 0 spiro atoms. The number of hydrogen-bond acceptors (Lipinski definition) is 2. The molecule has 0 aliphatic heterocycles. The van der Waals surface area contributed by atoms with Gasteiger partial charge in [-0.25, -0.2) is 4.79 Å². The molecule has 4 nitrogen and oxygen atoms in total. The minimum atomic E-state index is -1.01. The van der Waals surface area contributed by atoms with Crippen LogP contribution in [0.1, 0.15) is 48.2 Å². The zero-order valence-corrected chi connectivity index (χ0v) is 12.1. The summed E-state index contributed by atoms with van der Waals surface area (Å²) in [6.07, 6.45) is 4.50. The molecule has 1 rings (SSSR count). The predicted octanol–water partition coefficient (Wildman–Crippen LogP) is 3.01. The molecule has 20 heavy (non-hydrogen) atoms. The minimum absolute atomic E-state index is 0.125. The van der Waals surface area contributed by atoms with Gasteiger partial charge in [-0.3, -0.25) is 4.79 Å². The summed E-state index contributed by atoms with van der Waals surface area (Å²) in [5.74, 6) is -1.13. The van der Waals surface area contributed by atoms with Gasteiger partial charge in [0, 0.05) is 17.7 Å². The highest BCUT2D eigenvalue weighted by molar-refractivity contribution is 5.95. The minimum Gasteiger partial charge on any atom is -0.478 e. The van der Waals surface area contributed by atoms with Crippen LogP contribution in [0.2, 0.25) is 0 Å². The molecule has 0 saturated heterocycles. The summed E-state index contributed by atoms with van der Waals surface area (Å²) in [4.78, 5) is 22.6. The van der Waals surface area contributed by atoms with Crippen molar-refractivity contribution in [2.45, 2.75) is 39.7 Å². The normalized spacial score (nSPS) is 12.3. The smallest absolute Gasteiger partial charge is 0.328 e. The molecule has 1 aromatic carbocycles. The highest BCUT2D eigenvalue weighted by atomic mass is 16.4. The summed E-state index contributed by atoms with van der Waals surface area (Å²) in [5, 5.41) is 11.6. The first-order chi connectivity index (χ1) is 9.42. The molecular formula is C16H21NO3. The number of carboxylic acid groups (broad SMARTS) is 1. The molecule has 1 amide bonds. The molecule has 108 valence electrons. The number of hydrogen-bond donors (Lipinski definition) is 2. The van der Waals surface area contributed by atoms with Gasteiger partial charge in [0.2, 0.25) is 0 Å². The second-order valence-electron chi connectivity index (χ2n) is 4.97. The largest absolute Gasteiger partial charge is 0.478 e. The molecule has 0 aromatic heterocycles. The molecular weight excluding hydrogens is 254 g/mol. The molecule has 2 N–H and O–H groups in total. The Labute approximate surface area is 119 Å². The third-order valence-electron chi connectivity index (χ3n) is 2.88. The lowest BCUT2D eigenvalue weighted by atomic mass is 10.0. The monoisotopic (exact) mass is 275 g/mol. The summed E-state index contributed by atoms with van der Waals surface area (Å²) in [5.41, 5.74) is 2.18.